The van der Waals surface area contributed by atoms with Crippen molar-refractivity contribution in [2.45, 2.75) is 6.54 Å². The molecule has 1 rings (SSSR count). The minimum Gasteiger partial charge on any atom is -0.474 e. The maximum Gasteiger partial charge on any atom is 0.394 e. The van der Waals surface area contributed by atoms with Crippen LogP contribution in [0.15, 0.2) is 16.7 Å². The Balaban J connectivity index is 2.44. The molecule has 13 heavy (non-hydrogen) atoms. The first-order valence-electron chi connectivity index (χ1n) is 3.43. The number of carbonyl (C=O) groups is 2. The van der Waals surface area contributed by atoms with E-state index in [-0.39, 0.29) is 6.54 Å². The van der Waals surface area contributed by atoms with Gasteiger partial charge in [-0.25, -0.2) is 4.79 Å². The van der Waals surface area contributed by atoms with Gasteiger partial charge in [-0.3, -0.25) is 4.79 Å². The van der Waals surface area contributed by atoms with Gasteiger partial charge in [0.25, 0.3) is 0 Å². The number of H-pyrrole nitrogens is 1. The van der Waals surface area contributed by atoms with Crippen LogP contribution < -0.4 is 5.32 Å². The summed E-state index contributed by atoms with van der Waals surface area (Å²) in [6.45, 7) is 0.177. The van der Waals surface area contributed by atoms with E-state index in [1.54, 1.807) is 12.3 Å². The molecule has 1 heterocycles. The molecular formula is C7H7BrN2O3. The molecule has 0 aliphatic rings. The predicted molar refractivity (Wildman–Crippen MR) is 48.0 cm³/mol. The number of amides is 1. The maximum absolute atomic E-state index is 10.6. The topological polar surface area (TPSA) is 82.2 Å². The average Bonchev–Trinajstić information content (AvgIpc) is 2.47. The second kappa shape index (κ2) is 4.08. The number of aliphatic carboxylic acids is 1. The second-order valence-electron chi connectivity index (χ2n) is 2.33. The van der Waals surface area contributed by atoms with Crippen molar-refractivity contribution >= 4 is 27.8 Å². The van der Waals surface area contributed by atoms with Crippen LogP contribution in [0.1, 0.15) is 5.69 Å². The van der Waals surface area contributed by atoms with Crippen molar-refractivity contribution in [3.8, 4) is 0 Å². The highest BCUT2D eigenvalue weighted by molar-refractivity contribution is 9.10. The summed E-state index contributed by atoms with van der Waals surface area (Å²) < 4.78 is 0.854. The second-order valence-corrected chi connectivity index (χ2v) is 3.25. The molecule has 0 atom stereocenters. The van der Waals surface area contributed by atoms with Gasteiger partial charge < -0.3 is 15.4 Å². The van der Waals surface area contributed by atoms with Crippen LogP contribution in [-0.4, -0.2) is 22.0 Å². The van der Waals surface area contributed by atoms with Gasteiger partial charge in [-0.15, -0.1) is 0 Å². The van der Waals surface area contributed by atoms with E-state index in [4.69, 9.17) is 5.11 Å². The Morgan fingerprint density at radius 2 is 2.31 bits per heavy atom. The predicted octanol–water partition coefficient (Wildman–Crippen LogP) is 0.478. The highest BCUT2D eigenvalue weighted by Gasteiger charge is 2.09. The van der Waals surface area contributed by atoms with E-state index in [2.05, 4.69) is 26.2 Å². The maximum atomic E-state index is 10.6. The third-order valence-electron chi connectivity index (χ3n) is 1.34. The van der Waals surface area contributed by atoms with Crippen molar-refractivity contribution in [3.63, 3.8) is 0 Å². The quantitative estimate of drug-likeness (QED) is 0.664. The Bertz CT molecular complexity index is 334. The molecular weight excluding hydrogens is 240 g/mol. The summed E-state index contributed by atoms with van der Waals surface area (Å²) in [5, 5.41) is 10.5. The summed E-state index contributed by atoms with van der Waals surface area (Å²) in [6.07, 6.45) is 1.70. The fourth-order valence-electron chi connectivity index (χ4n) is 0.765. The first-order valence-corrected chi connectivity index (χ1v) is 4.23. The zero-order valence-corrected chi connectivity index (χ0v) is 8.09. The van der Waals surface area contributed by atoms with Crippen molar-refractivity contribution in [3.05, 3.63) is 22.4 Å². The number of carboxylic acids is 1. The van der Waals surface area contributed by atoms with Gasteiger partial charge in [0, 0.05) is 16.4 Å². The Kier molecular flexibility index (Phi) is 3.07. The lowest BCUT2D eigenvalue weighted by Crippen LogP contribution is -2.30. The summed E-state index contributed by atoms with van der Waals surface area (Å²) in [4.78, 5) is 23.5. The normalized spacial score (nSPS) is 9.62. The van der Waals surface area contributed by atoms with Gasteiger partial charge in [0.1, 0.15) is 0 Å². The highest BCUT2D eigenvalue weighted by atomic mass is 79.9. The molecule has 6 heteroatoms. The smallest absolute Gasteiger partial charge is 0.394 e. The largest absolute Gasteiger partial charge is 0.474 e. The van der Waals surface area contributed by atoms with E-state index < -0.39 is 11.9 Å². The minimum atomic E-state index is -1.48. The van der Waals surface area contributed by atoms with Crippen molar-refractivity contribution in [1.82, 2.24) is 10.3 Å². The summed E-state index contributed by atoms with van der Waals surface area (Å²) in [5.41, 5.74) is 0.737. The highest BCUT2D eigenvalue weighted by Crippen LogP contribution is 2.09. The molecule has 0 unspecified atom stereocenters. The van der Waals surface area contributed by atoms with Gasteiger partial charge in [0.2, 0.25) is 0 Å². The number of nitrogens with one attached hydrogen (secondary N) is 2. The van der Waals surface area contributed by atoms with E-state index in [9.17, 15) is 9.59 Å². The van der Waals surface area contributed by atoms with Gasteiger partial charge >= 0.3 is 11.9 Å². The third-order valence-corrected chi connectivity index (χ3v) is 1.80. The van der Waals surface area contributed by atoms with Crippen LogP contribution >= 0.6 is 15.9 Å². The number of hydrogen-bond donors (Lipinski definition) is 3. The Morgan fingerprint density at radius 1 is 1.62 bits per heavy atom. The van der Waals surface area contributed by atoms with Crippen LogP contribution in [0, 0.1) is 0 Å². The molecule has 0 radical (unpaired) electrons. The number of halogens is 1. The van der Waals surface area contributed by atoms with Gasteiger partial charge in [-0.05, 0) is 22.0 Å². The average molecular weight is 247 g/mol. The lowest BCUT2D eigenvalue weighted by molar-refractivity contribution is -0.150. The Hall–Kier alpha value is -1.30. The molecule has 0 fully saturated rings. The van der Waals surface area contributed by atoms with E-state index >= 15 is 0 Å². The van der Waals surface area contributed by atoms with E-state index in [1.807, 2.05) is 0 Å². The molecule has 70 valence electrons. The van der Waals surface area contributed by atoms with E-state index in [1.165, 1.54) is 0 Å². The van der Waals surface area contributed by atoms with E-state index in [0.29, 0.717) is 0 Å². The fraction of sp³-hybridized carbons (Fsp3) is 0.143. The SMILES string of the molecule is O=C(O)C(=O)NCc1cc(Br)c[nH]1. The van der Waals surface area contributed by atoms with E-state index in [0.717, 1.165) is 10.2 Å². The molecule has 5 nitrogen and oxygen atoms in total. The van der Waals surface area contributed by atoms with Gasteiger partial charge in [-0.2, -0.15) is 0 Å². The monoisotopic (exact) mass is 246 g/mol. The standard InChI is InChI=1S/C7H7BrN2O3/c8-4-1-5(9-2-4)3-10-6(11)7(12)13/h1-2,9H,3H2,(H,10,11)(H,12,13). The lowest BCUT2D eigenvalue weighted by Gasteiger charge is -1.98. The van der Waals surface area contributed by atoms with Gasteiger partial charge in [0.05, 0.1) is 6.54 Å². The molecule has 1 amide bonds. The summed E-state index contributed by atoms with van der Waals surface area (Å²) in [5.74, 6) is -2.49. The van der Waals surface area contributed by atoms with Crippen LogP contribution in [0.5, 0.6) is 0 Å². The van der Waals surface area contributed by atoms with Gasteiger partial charge in [-0.1, -0.05) is 0 Å². The number of rotatable bonds is 2. The zero-order chi connectivity index (χ0) is 9.84. The van der Waals surface area contributed by atoms with Crippen molar-refractivity contribution < 1.29 is 14.7 Å². The minimum absolute atomic E-state index is 0.177. The fourth-order valence-corrected chi connectivity index (χ4v) is 1.16. The lowest BCUT2D eigenvalue weighted by atomic mass is 10.4. The molecule has 0 aliphatic carbocycles. The Morgan fingerprint density at radius 3 is 2.77 bits per heavy atom. The summed E-state index contributed by atoms with van der Waals surface area (Å²) in [6, 6.07) is 1.75. The van der Waals surface area contributed by atoms with Crippen LogP contribution in [0.4, 0.5) is 0 Å². The molecule has 0 bridgehead atoms. The van der Waals surface area contributed by atoms with Gasteiger partial charge in [0.15, 0.2) is 0 Å². The van der Waals surface area contributed by atoms with Crippen LogP contribution in [0.25, 0.3) is 0 Å². The molecule has 1 aromatic rings. The van der Waals surface area contributed by atoms with Crippen LogP contribution in [0.3, 0.4) is 0 Å². The first-order chi connectivity index (χ1) is 6.09. The van der Waals surface area contributed by atoms with Crippen LogP contribution in [0.2, 0.25) is 0 Å². The summed E-state index contributed by atoms with van der Waals surface area (Å²) >= 11 is 3.21. The van der Waals surface area contributed by atoms with Crippen molar-refractivity contribution in [2.75, 3.05) is 0 Å². The summed E-state index contributed by atoms with van der Waals surface area (Å²) in [7, 11) is 0. The molecule has 3 N–H and O–H groups in total. The van der Waals surface area contributed by atoms with Crippen molar-refractivity contribution in [1.29, 1.82) is 0 Å². The molecule has 0 saturated heterocycles. The molecule has 0 spiro atoms. The number of aromatic amines is 1. The molecule has 0 aromatic carbocycles. The number of carboxylic acid groups (broad SMARTS) is 1. The first kappa shape index (κ1) is 9.79. The molecule has 0 aliphatic heterocycles. The third kappa shape index (κ3) is 2.90. The van der Waals surface area contributed by atoms with Crippen LogP contribution in [-0.2, 0) is 16.1 Å². The molecule has 1 aromatic heterocycles. The Labute approximate surface area is 82.3 Å². The number of aromatic nitrogens is 1. The number of carbonyl (C=O) groups excluding carboxylic acids is 1. The number of hydrogen-bond acceptors (Lipinski definition) is 2. The van der Waals surface area contributed by atoms with Crippen molar-refractivity contribution in [2.24, 2.45) is 0 Å². The zero-order valence-electron chi connectivity index (χ0n) is 6.50. The molecule has 0 saturated carbocycles.